The van der Waals surface area contributed by atoms with Crippen LogP contribution >= 0.6 is 0 Å². The van der Waals surface area contributed by atoms with Crippen LogP contribution in [0.25, 0.3) is 0 Å². The van der Waals surface area contributed by atoms with Gasteiger partial charge in [-0.05, 0) is 43.4 Å². The lowest BCUT2D eigenvalue weighted by Crippen LogP contribution is -2.34. The molecular formula is C23H25NO3. The number of esters is 1. The molecule has 1 aliphatic carbocycles. The Bertz CT molecular complexity index is 843. The van der Waals surface area contributed by atoms with E-state index < -0.39 is 5.92 Å². The van der Waals surface area contributed by atoms with Gasteiger partial charge in [0.15, 0.2) is 0 Å². The highest BCUT2D eigenvalue weighted by molar-refractivity contribution is 5.99. The highest BCUT2D eigenvalue weighted by atomic mass is 16.5. The Balaban J connectivity index is 1.54. The number of fused-ring (bicyclic) bond motifs is 1. The zero-order valence-electron chi connectivity index (χ0n) is 15.6. The molecule has 0 unspecified atom stereocenters. The summed E-state index contributed by atoms with van der Waals surface area (Å²) in [5.74, 6) is -0.692. The van der Waals surface area contributed by atoms with E-state index in [1.54, 1.807) is 0 Å². The zero-order chi connectivity index (χ0) is 18.8. The maximum Gasteiger partial charge on any atom is 0.314 e. The van der Waals surface area contributed by atoms with Crippen LogP contribution < -0.4 is 5.32 Å². The van der Waals surface area contributed by atoms with E-state index in [9.17, 15) is 9.59 Å². The lowest BCUT2D eigenvalue weighted by atomic mass is 9.81. The van der Waals surface area contributed by atoms with E-state index >= 15 is 0 Å². The third-order valence-electron chi connectivity index (χ3n) is 5.76. The quantitative estimate of drug-likeness (QED) is 0.805. The van der Waals surface area contributed by atoms with Crippen molar-refractivity contribution in [1.82, 2.24) is 0 Å². The zero-order valence-corrected chi connectivity index (χ0v) is 15.6. The van der Waals surface area contributed by atoms with Crippen LogP contribution in [0.1, 0.15) is 60.6 Å². The van der Waals surface area contributed by atoms with Crippen LogP contribution in [0.15, 0.2) is 48.5 Å². The van der Waals surface area contributed by atoms with Gasteiger partial charge < -0.3 is 10.1 Å². The van der Waals surface area contributed by atoms with Crippen molar-refractivity contribution in [3.63, 3.8) is 0 Å². The van der Waals surface area contributed by atoms with Gasteiger partial charge >= 0.3 is 5.97 Å². The Morgan fingerprint density at radius 3 is 2.59 bits per heavy atom. The van der Waals surface area contributed by atoms with Crippen molar-refractivity contribution in [2.24, 2.45) is 0 Å². The molecule has 4 nitrogen and oxygen atoms in total. The van der Waals surface area contributed by atoms with Crippen LogP contribution in [0.3, 0.4) is 0 Å². The van der Waals surface area contributed by atoms with Crippen LogP contribution in [-0.4, -0.2) is 18.0 Å². The molecule has 27 heavy (non-hydrogen) atoms. The number of benzene rings is 2. The number of hydrogen-bond acceptors (Lipinski definition) is 3. The van der Waals surface area contributed by atoms with E-state index in [0.29, 0.717) is 0 Å². The van der Waals surface area contributed by atoms with Gasteiger partial charge in [0, 0.05) is 18.0 Å². The summed E-state index contributed by atoms with van der Waals surface area (Å²) in [5, 5.41) is 2.84. The molecule has 0 radical (unpaired) electrons. The second-order valence-electron chi connectivity index (χ2n) is 7.67. The van der Waals surface area contributed by atoms with Gasteiger partial charge in [0.1, 0.15) is 6.10 Å². The van der Waals surface area contributed by atoms with Gasteiger partial charge in [0.05, 0.1) is 5.92 Å². The maximum absolute atomic E-state index is 13.0. The van der Waals surface area contributed by atoms with Crippen molar-refractivity contribution in [3.05, 3.63) is 65.2 Å². The van der Waals surface area contributed by atoms with Gasteiger partial charge in [-0.3, -0.25) is 9.59 Å². The standard InChI is InChI=1S/C23H25NO3/c1-15-10-12-16(13-11-15)17-6-3-5-9-21(17)27-23(26)19-14-22(25)24-20-8-4-2-7-18(19)20/h2,4,7-8,10-13,17,19,21H,3,5-6,9,14H2,1H3,(H,24,25)/t17-,19-,21-/m0/s1. The second-order valence-corrected chi connectivity index (χ2v) is 7.67. The number of rotatable bonds is 3. The largest absolute Gasteiger partial charge is 0.461 e. The van der Waals surface area contributed by atoms with E-state index in [1.165, 1.54) is 11.1 Å². The number of para-hydroxylation sites is 1. The monoisotopic (exact) mass is 363 g/mol. The fourth-order valence-electron chi connectivity index (χ4n) is 4.29. The topological polar surface area (TPSA) is 55.4 Å². The minimum atomic E-state index is -0.518. The van der Waals surface area contributed by atoms with Gasteiger partial charge in [-0.15, -0.1) is 0 Å². The van der Waals surface area contributed by atoms with Gasteiger partial charge in [0.2, 0.25) is 5.91 Å². The van der Waals surface area contributed by atoms with Crippen molar-refractivity contribution in [2.75, 3.05) is 5.32 Å². The Hall–Kier alpha value is -2.62. The number of carbonyl (C=O) groups excluding carboxylic acids is 2. The first-order valence-corrected chi connectivity index (χ1v) is 9.77. The SMILES string of the molecule is Cc1ccc([C@@H]2CCCC[C@@H]2OC(=O)[C@H]2CC(=O)Nc3ccccc32)cc1. The van der Waals surface area contributed by atoms with Crippen LogP contribution in [0.2, 0.25) is 0 Å². The van der Waals surface area contributed by atoms with Crippen molar-refractivity contribution < 1.29 is 14.3 Å². The van der Waals surface area contributed by atoms with E-state index in [1.807, 2.05) is 24.3 Å². The molecule has 140 valence electrons. The lowest BCUT2D eigenvalue weighted by molar-refractivity contribution is -0.154. The number of carbonyl (C=O) groups is 2. The minimum Gasteiger partial charge on any atom is -0.461 e. The average Bonchev–Trinajstić information content (AvgIpc) is 2.68. The first-order chi connectivity index (χ1) is 13.1. The second kappa shape index (κ2) is 7.55. The molecule has 0 saturated heterocycles. The van der Waals surface area contributed by atoms with E-state index in [2.05, 4.69) is 36.5 Å². The predicted octanol–water partition coefficient (Wildman–Crippen LogP) is 4.69. The van der Waals surface area contributed by atoms with E-state index in [-0.39, 0.29) is 30.3 Å². The molecule has 1 aliphatic heterocycles. The molecule has 3 atom stereocenters. The number of nitrogens with one attached hydrogen (secondary N) is 1. The van der Waals surface area contributed by atoms with Crippen molar-refractivity contribution >= 4 is 17.6 Å². The van der Waals surface area contributed by atoms with Gasteiger partial charge in [-0.1, -0.05) is 54.4 Å². The first kappa shape index (κ1) is 17.8. The summed E-state index contributed by atoms with van der Waals surface area (Å²) < 4.78 is 6.01. The molecule has 4 rings (SSSR count). The molecule has 1 N–H and O–H groups in total. The number of aryl methyl sites for hydroxylation is 1. The Morgan fingerprint density at radius 2 is 1.78 bits per heavy atom. The number of amides is 1. The third-order valence-corrected chi connectivity index (χ3v) is 5.76. The number of hydrogen-bond donors (Lipinski definition) is 1. The summed E-state index contributed by atoms with van der Waals surface area (Å²) in [6.07, 6.45) is 4.17. The number of anilines is 1. The van der Waals surface area contributed by atoms with Crippen LogP contribution in [-0.2, 0) is 14.3 Å². The molecule has 1 saturated carbocycles. The maximum atomic E-state index is 13.0. The summed E-state index contributed by atoms with van der Waals surface area (Å²) >= 11 is 0. The summed E-state index contributed by atoms with van der Waals surface area (Å²) in [4.78, 5) is 25.0. The average molecular weight is 363 g/mol. The van der Waals surface area contributed by atoms with Crippen molar-refractivity contribution in [3.8, 4) is 0 Å². The molecular weight excluding hydrogens is 338 g/mol. The molecule has 2 aliphatic rings. The third kappa shape index (κ3) is 3.75. The van der Waals surface area contributed by atoms with Crippen LogP contribution in [0.5, 0.6) is 0 Å². The predicted molar refractivity (Wildman–Crippen MR) is 105 cm³/mol. The normalized spacial score (nSPS) is 24.6. The Morgan fingerprint density at radius 1 is 1.04 bits per heavy atom. The minimum absolute atomic E-state index is 0.119. The summed E-state index contributed by atoms with van der Waals surface area (Å²) in [6, 6.07) is 16.0. The fraction of sp³-hybridized carbons (Fsp3) is 0.391. The van der Waals surface area contributed by atoms with Crippen molar-refractivity contribution in [1.29, 1.82) is 0 Å². The lowest BCUT2D eigenvalue weighted by Gasteiger charge is -2.33. The Labute approximate surface area is 159 Å². The van der Waals surface area contributed by atoms with Crippen molar-refractivity contribution in [2.45, 2.75) is 57.0 Å². The van der Waals surface area contributed by atoms with Crippen LogP contribution in [0.4, 0.5) is 5.69 Å². The summed E-state index contributed by atoms with van der Waals surface area (Å²) in [6.45, 7) is 2.08. The van der Waals surface area contributed by atoms with Crippen LogP contribution in [0, 0.1) is 6.92 Å². The summed E-state index contributed by atoms with van der Waals surface area (Å²) in [5.41, 5.74) is 4.03. The highest BCUT2D eigenvalue weighted by Gasteiger charge is 2.36. The summed E-state index contributed by atoms with van der Waals surface area (Å²) in [7, 11) is 0. The Kier molecular flexibility index (Phi) is 4.97. The van der Waals surface area contributed by atoms with E-state index in [0.717, 1.165) is 36.9 Å². The molecule has 2 aromatic rings. The molecule has 1 fully saturated rings. The molecule has 2 aromatic carbocycles. The molecule has 0 bridgehead atoms. The molecule has 4 heteroatoms. The van der Waals surface area contributed by atoms with Gasteiger partial charge in [-0.25, -0.2) is 0 Å². The smallest absolute Gasteiger partial charge is 0.314 e. The van der Waals surface area contributed by atoms with Gasteiger partial charge in [0.25, 0.3) is 0 Å². The molecule has 1 heterocycles. The van der Waals surface area contributed by atoms with E-state index in [4.69, 9.17) is 4.74 Å². The molecule has 0 aromatic heterocycles. The van der Waals surface area contributed by atoms with Gasteiger partial charge in [-0.2, -0.15) is 0 Å². The highest BCUT2D eigenvalue weighted by Crippen LogP contribution is 2.38. The first-order valence-electron chi connectivity index (χ1n) is 9.77. The number of ether oxygens (including phenoxy) is 1. The molecule has 0 spiro atoms. The molecule has 1 amide bonds. The fourth-order valence-corrected chi connectivity index (χ4v) is 4.29.